The molecule has 0 aliphatic rings. The summed E-state index contributed by atoms with van der Waals surface area (Å²) in [6.07, 6.45) is 36.0. The third-order valence-electron chi connectivity index (χ3n) is 9.57. The lowest BCUT2D eigenvalue weighted by Crippen LogP contribution is -2.47. The molecule has 0 bridgehead atoms. The highest BCUT2D eigenvalue weighted by Gasteiger charge is 2.41. The predicted octanol–water partition coefficient (Wildman–Crippen LogP) is 11.2. The lowest BCUT2D eigenvalue weighted by atomic mass is 9.81. The molecule has 0 saturated heterocycles. The van der Waals surface area contributed by atoms with Crippen LogP contribution in [-0.4, -0.2) is 57.2 Å². The SMILES string of the molecule is CCCCCCCCCCCCCCCCOC(CCCCCCCCCCCCCCCC)C(CO)(COP(O)O)COP(O)O. The van der Waals surface area contributed by atoms with Gasteiger partial charge in [0.15, 0.2) is 0 Å². The van der Waals surface area contributed by atoms with Crippen molar-refractivity contribution in [1.82, 2.24) is 0 Å². The van der Waals surface area contributed by atoms with Crippen LogP contribution in [0, 0.1) is 5.41 Å². The molecule has 0 amide bonds. The van der Waals surface area contributed by atoms with Gasteiger partial charge in [-0.25, -0.2) is 0 Å². The molecule has 0 aromatic heterocycles. The highest BCUT2D eigenvalue weighted by Crippen LogP contribution is 2.38. The van der Waals surface area contributed by atoms with Gasteiger partial charge in [0.05, 0.1) is 31.3 Å². The molecule has 0 rings (SSSR count). The summed E-state index contributed by atoms with van der Waals surface area (Å²) in [6.45, 7) is 4.27. The second kappa shape index (κ2) is 36.3. The zero-order chi connectivity index (χ0) is 34.7. The molecule has 0 aliphatic heterocycles. The Balaban J connectivity index is 4.48. The molecule has 0 aromatic carbocycles. The first-order chi connectivity index (χ1) is 22.9. The number of aliphatic hydroxyl groups excluding tert-OH is 1. The maximum absolute atomic E-state index is 10.5. The van der Waals surface area contributed by atoms with Crippen molar-refractivity contribution in [2.75, 3.05) is 26.4 Å². The van der Waals surface area contributed by atoms with Crippen molar-refractivity contribution in [2.24, 2.45) is 5.41 Å². The molecule has 1 atom stereocenters. The topological polar surface area (TPSA) is 129 Å². The summed E-state index contributed by atoms with van der Waals surface area (Å²) in [5, 5.41) is 10.5. The van der Waals surface area contributed by atoms with E-state index < -0.39 is 28.7 Å². The third-order valence-corrected chi connectivity index (χ3v) is 10.3. The Morgan fingerprint density at radius 3 is 1.04 bits per heavy atom. The van der Waals surface area contributed by atoms with E-state index in [1.165, 1.54) is 148 Å². The van der Waals surface area contributed by atoms with E-state index in [0.29, 0.717) is 13.0 Å². The minimum atomic E-state index is -2.63. The second-order valence-electron chi connectivity index (χ2n) is 13.9. The van der Waals surface area contributed by atoms with Crippen LogP contribution in [0.1, 0.15) is 200 Å². The van der Waals surface area contributed by atoms with E-state index in [-0.39, 0.29) is 19.8 Å². The fraction of sp³-hybridized carbons (Fsp3) is 1.00. The van der Waals surface area contributed by atoms with Crippen molar-refractivity contribution in [2.45, 2.75) is 206 Å². The van der Waals surface area contributed by atoms with Crippen LogP contribution in [0.3, 0.4) is 0 Å². The van der Waals surface area contributed by atoms with Crippen LogP contribution in [0.5, 0.6) is 0 Å². The van der Waals surface area contributed by atoms with Gasteiger partial charge in [-0.3, -0.25) is 0 Å². The van der Waals surface area contributed by atoms with Gasteiger partial charge in [-0.15, -0.1) is 0 Å². The number of ether oxygens (including phenoxy) is 1. The van der Waals surface area contributed by atoms with Crippen molar-refractivity contribution in [1.29, 1.82) is 0 Å². The standard InChI is InChI=1S/C37H78O8P2/c1-3-5-7-9-11-13-15-17-19-21-23-25-27-29-31-36(37(33-38,34-44-46(39)40)35-45-47(41)42)43-32-30-28-26-24-22-20-18-16-14-12-10-8-6-4-2/h36,38-42H,3-35H2,1-2H3. The zero-order valence-corrected chi connectivity index (χ0v) is 32.6. The monoisotopic (exact) mass is 713 g/mol. The molecule has 0 radical (unpaired) electrons. The highest BCUT2D eigenvalue weighted by atomic mass is 31.2. The summed E-state index contributed by atoms with van der Waals surface area (Å²) in [5.74, 6) is 0. The first-order valence-electron chi connectivity index (χ1n) is 19.8. The molecule has 5 N–H and O–H groups in total. The van der Waals surface area contributed by atoms with Crippen LogP contribution in [0.4, 0.5) is 0 Å². The van der Waals surface area contributed by atoms with E-state index in [0.717, 1.165) is 32.1 Å². The highest BCUT2D eigenvalue weighted by molar-refractivity contribution is 7.39. The average molecular weight is 713 g/mol. The van der Waals surface area contributed by atoms with Crippen LogP contribution in [0.25, 0.3) is 0 Å². The summed E-state index contributed by atoms with van der Waals surface area (Å²) in [6, 6.07) is 0. The van der Waals surface area contributed by atoms with Crippen LogP contribution in [-0.2, 0) is 13.8 Å². The summed E-state index contributed by atoms with van der Waals surface area (Å²) in [5.41, 5.74) is -1.12. The van der Waals surface area contributed by atoms with Gasteiger partial charge in [-0.05, 0) is 12.8 Å². The van der Waals surface area contributed by atoms with Crippen molar-refractivity contribution >= 4 is 17.2 Å². The van der Waals surface area contributed by atoms with E-state index in [2.05, 4.69) is 13.8 Å². The number of aliphatic hydroxyl groups is 1. The van der Waals surface area contributed by atoms with Crippen molar-refractivity contribution in [3.8, 4) is 0 Å². The largest absolute Gasteiger partial charge is 0.396 e. The summed E-state index contributed by atoms with van der Waals surface area (Å²) in [4.78, 5) is 37.7. The summed E-state index contributed by atoms with van der Waals surface area (Å²) < 4.78 is 16.7. The van der Waals surface area contributed by atoms with Gasteiger partial charge in [0.25, 0.3) is 0 Å². The van der Waals surface area contributed by atoms with Crippen LogP contribution >= 0.6 is 17.2 Å². The lowest BCUT2D eigenvalue weighted by Gasteiger charge is -2.38. The molecule has 1 unspecified atom stereocenters. The van der Waals surface area contributed by atoms with E-state index in [9.17, 15) is 24.7 Å². The predicted molar refractivity (Wildman–Crippen MR) is 199 cm³/mol. The Morgan fingerprint density at radius 1 is 0.447 bits per heavy atom. The van der Waals surface area contributed by atoms with Crippen LogP contribution in [0.2, 0.25) is 0 Å². The minimum absolute atomic E-state index is 0.201. The van der Waals surface area contributed by atoms with Gasteiger partial charge < -0.3 is 38.5 Å². The zero-order valence-electron chi connectivity index (χ0n) is 30.8. The average Bonchev–Trinajstić information content (AvgIpc) is 3.06. The van der Waals surface area contributed by atoms with Gasteiger partial charge in [0.2, 0.25) is 0 Å². The quantitative estimate of drug-likeness (QED) is 0.0315. The van der Waals surface area contributed by atoms with Crippen molar-refractivity contribution in [3.63, 3.8) is 0 Å². The normalized spacial score (nSPS) is 13.0. The van der Waals surface area contributed by atoms with Gasteiger partial charge >= 0.3 is 17.2 Å². The Bertz CT molecular complexity index is 603. The minimum Gasteiger partial charge on any atom is -0.396 e. The molecule has 0 heterocycles. The van der Waals surface area contributed by atoms with E-state index in [4.69, 9.17) is 13.8 Å². The first kappa shape index (κ1) is 47.5. The molecule has 47 heavy (non-hydrogen) atoms. The first-order valence-corrected chi connectivity index (χ1v) is 22.1. The number of rotatable bonds is 39. The maximum atomic E-state index is 10.5. The van der Waals surface area contributed by atoms with Crippen LogP contribution in [0.15, 0.2) is 0 Å². The Kier molecular flexibility index (Phi) is 36.8. The molecule has 0 spiro atoms. The molecule has 0 fully saturated rings. The van der Waals surface area contributed by atoms with E-state index in [1.54, 1.807) is 0 Å². The van der Waals surface area contributed by atoms with E-state index in [1.807, 2.05) is 0 Å². The fourth-order valence-corrected chi connectivity index (χ4v) is 7.15. The molecule has 284 valence electrons. The van der Waals surface area contributed by atoms with Crippen molar-refractivity contribution in [3.05, 3.63) is 0 Å². The summed E-state index contributed by atoms with van der Waals surface area (Å²) >= 11 is 0. The Morgan fingerprint density at radius 2 is 0.745 bits per heavy atom. The fourth-order valence-electron chi connectivity index (χ4n) is 6.41. The van der Waals surface area contributed by atoms with Gasteiger partial charge in [0.1, 0.15) is 0 Å². The molecule has 0 aromatic rings. The molecule has 0 aliphatic carbocycles. The van der Waals surface area contributed by atoms with Crippen LogP contribution < -0.4 is 0 Å². The number of unbranched alkanes of at least 4 members (excludes halogenated alkanes) is 26. The maximum Gasteiger partial charge on any atom is 0.327 e. The van der Waals surface area contributed by atoms with Gasteiger partial charge in [-0.1, -0.05) is 187 Å². The smallest absolute Gasteiger partial charge is 0.327 e. The molecule has 0 saturated carbocycles. The number of hydrogen-bond acceptors (Lipinski definition) is 8. The Labute approximate surface area is 293 Å². The van der Waals surface area contributed by atoms with E-state index >= 15 is 0 Å². The van der Waals surface area contributed by atoms with Gasteiger partial charge in [0, 0.05) is 6.61 Å². The third kappa shape index (κ3) is 31.0. The molecular formula is C37H78O8P2. The lowest BCUT2D eigenvalue weighted by molar-refractivity contribution is -0.111. The molecule has 8 nitrogen and oxygen atoms in total. The second-order valence-corrected chi connectivity index (χ2v) is 15.4. The Hall–Kier alpha value is 0.540. The molecule has 10 heteroatoms. The van der Waals surface area contributed by atoms with Gasteiger partial charge in [-0.2, -0.15) is 0 Å². The molecular weight excluding hydrogens is 634 g/mol. The number of hydrogen-bond donors (Lipinski definition) is 5. The van der Waals surface area contributed by atoms with Crippen molar-refractivity contribution < 1.29 is 38.5 Å². The summed E-state index contributed by atoms with van der Waals surface area (Å²) in [7, 11) is -5.26.